The molecule has 3 aromatic rings. The van der Waals surface area contributed by atoms with E-state index in [4.69, 9.17) is 23.2 Å². The average molecular weight is 552 g/mol. The zero-order chi connectivity index (χ0) is 26.0. The molecule has 0 saturated heterocycles. The first-order valence-corrected chi connectivity index (χ1v) is 12.3. The number of nitrogens with zero attached hydrogens (tertiary/aromatic N) is 3. The Kier molecular flexibility index (Phi) is 7.99. The lowest BCUT2D eigenvalue weighted by atomic mass is 10.1. The van der Waals surface area contributed by atoms with Crippen LogP contribution >= 0.6 is 35.0 Å². The highest BCUT2D eigenvalue weighted by Gasteiger charge is 2.30. The number of pyridine rings is 1. The third-order valence-corrected chi connectivity index (χ3v) is 6.80. The number of aromatic nitrogens is 1. The molecule has 0 atom stereocenters. The lowest BCUT2D eigenvalue weighted by Crippen LogP contribution is -2.42. The summed E-state index contributed by atoms with van der Waals surface area (Å²) in [5, 5.41) is 6.18. The maximum atomic E-state index is 14.1. The number of hydrogen-bond donors (Lipinski definition) is 2. The number of nitrogens with one attached hydrogen (secondary N) is 2. The topological polar surface area (TPSA) is 77.6 Å². The second-order valence-electron chi connectivity index (χ2n) is 8.13. The lowest BCUT2D eigenvalue weighted by Gasteiger charge is -2.31. The first kappa shape index (κ1) is 26.2. The van der Waals surface area contributed by atoms with Crippen LogP contribution in [0.3, 0.4) is 0 Å². The van der Waals surface area contributed by atoms with Crippen LogP contribution in [-0.4, -0.2) is 49.0 Å². The van der Waals surface area contributed by atoms with E-state index in [0.717, 1.165) is 17.8 Å². The van der Waals surface area contributed by atoms with Crippen molar-refractivity contribution in [1.82, 2.24) is 20.5 Å². The van der Waals surface area contributed by atoms with E-state index in [0.29, 0.717) is 29.5 Å². The Hall–Kier alpha value is -2.92. The molecule has 0 spiro atoms. The Morgan fingerprint density at radius 3 is 2.56 bits per heavy atom. The maximum Gasteiger partial charge on any atom is 0.326 e. The van der Waals surface area contributed by atoms with Crippen LogP contribution in [0.2, 0.25) is 10.0 Å². The number of carbonyl (C=O) groups excluding carboxylic acids is 2. The Bertz CT molecular complexity index is 1320. The van der Waals surface area contributed by atoms with Gasteiger partial charge in [0.2, 0.25) is 0 Å². The van der Waals surface area contributed by atoms with E-state index in [1.165, 1.54) is 29.2 Å². The Morgan fingerprint density at radius 1 is 1.17 bits per heavy atom. The number of fused-ring (bicyclic) bond motifs is 1. The number of amides is 3. The van der Waals surface area contributed by atoms with Crippen LogP contribution < -0.4 is 15.5 Å². The van der Waals surface area contributed by atoms with Crippen LogP contribution in [0.15, 0.2) is 52.4 Å². The predicted octanol–water partition coefficient (Wildman–Crippen LogP) is 5.47. The number of anilines is 2. The van der Waals surface area contributed by atoms with Gasteiger partial charge in [0.15, 0.2) is 0 Å². The minimum atomic E-state index is -0.696. The highest BCUT2D eigenvalue weighted by molar-refractivity contribution is 7.99. The van der Waals surface area contributed by atoms with Gasteiger partial charge in [0.05, 0.1) is 33.7 Å². The van der Waals surface area contributed by atoms with Crippen molar-refractivity contribution in [2.45, 2.75) is 16.5 Å². The molecule has 0 saturated carbocycles. The predicted molar refractivity (Wildman–Crippen MR) is 136 cm³/mol. The molecular weight excluding hydrogens is 531 g/mol. The molecule has 1 aromatic heterocycles. The summed E-state index contributed by atoms with van der Waals surface area (Å²) < 4.78 is 27.3. The van der Waals surface area contributed by atoms with Gasteiger partial charge in [0.1, 0.15) is 16.7 Å². The quantitative estimate of drug-likeness (QED) is 0.407. The van der Waals surface area contributed by atoms with Crippen molar-refractivity contribution in [2.75, 3.05) is 32.1 Å². The van der Waals surface area contributed by atoms with Crippen LogP contribution in [-0.2, 0) is 6.54 Å². The highest BCUT2D eigenvalue weighted by Crippen LogP contribution is 2.42. The van der Waals surface area contributed by atoms with Gasteiger partial charge < -0.3 is 15.5 Å². The number of carbonyl (C=O) groups is 2. The van der Waals surface area contributed by atoms with E-state index in [-0.39, 0.29) is 38.6 Å². The van der Waals surface area contributed by atoms with Crippen molar-refractivity contribution in [3.8, 4) is 0 Å². The first-order valence-electron chi connectivity index (χ1n) is 10.8. The Labute approximate surface area is 220 Å². The minimum Gasteiger partial charge on any atom is -0.351 e. The molecule has 36 heavy (non-hydrogen) atoms. The van der Waals surface area contributed by atoms with E-state index in [1.54, 1.807) is 12.1 Å². The van der Waals surface area contributed by atoms with E-state index < -0.39 is 17.7 Å². The Balaban J connectivity index is 1.62. The molecule has 2 N–H and O–H groups in total. The number of rotatable bonds is 7. The summed E-state index contributed by atoms with van der Waals surface area (Å²) >= 11 is 14.0. The number of likely N-dealkylation sites (N-methyl/N-ethyl adjacent to an activating group) is 1. The molecule has 2 heterocycles. The third kappa shape index (κ3) is 5.73. The summed E-state index contributed by atoms with van der Waals surface area (Å²) in [5.74, 6) is -1.70. The van der Waals surface area contributed by atoms with Crippen LogP contribution in [0.4, 0.5) is 25.0 Å². The van der Waals surface area contributed by atoms with Crippen molar-refractivity contribution in [3.63, 3.8) is 0 Å². The molecule has 7 nitrogen and oxygen atoms in total. The van der Waals surface area contributed by atoms with E-state index in [1.807, 2.05) is 19.0 Å². The van der Waals surface area contributed by atoms with Gasteiger partial charge in [0, 0.05) is 29.6 Å². The molecule has 188 valence electrons. The second kappa shape index (κ2) is 11.0. The molecule has 0 bridgehead atoms. The van der Waals surface area contributed by atoms with Crippen molar-refractivity contribution in [1.29, 1.82) is 0 Å². The summed E-state index contributed by atoms with van der Waals surface area (Å²) in [5.41, 5.74) is 1.40. The number of hydrogen-bond acceptors (Lipinski definition) is 5. The van der Waals surface area contributed by atoms with Crippen molar-refractivity contribution < 1.29 is 18.4 Å². The second-order valence-corrected chi connectivity index (χ2v) is 10.0. The molecule has 0 radical (unpaired) electrons. The van der Waals surface area contributed by atoms with Gasteiger partial charge in [-0.2, -0.15) is 0 Å². The summed E-state index contributed by atoms with van der Waals surface area (Å²) in [4.78, 5) is 33.3. The van der Waals surface area contributed by atoms with Crippen LogP contribution in [0.1, 0.15) is 16.1 Å². The number of halogens is 4. The molecule has 2 aromatic carbocycles. The summed E-state index contributed by atoms with van der Waals surface area (Å²) in [6, 6.07) is 9.00. The zero-order valence-electron chi connectivity index (χ0n) is 19.2. The van der Waals surface area contributed by atoms with Gasteiger partial charge >= 0.3 is 6.03 Å². The molecule has 3 amide bonds. The first-order chi connectivity index (χ1) is 17.1. The zero-order valence-corrected chi connectivity index (χ0v) is 21.6. The molecule has 12 heteroatoms. The lowest BCUT2D eigenvalue weighted by molar-refractivity contribution is 0.0951. The maximum absolute atomic E-state index is 14.1. The normalized spacial score (nSPS) is 13.0. The van der Waals surface area contributed by atoms with E-state index in [9.17, 15) is 18.4 Å². The molecule has 1 aliphatic rings. The van der Waals surface area contributed by atoms with Gasteiger partial charge in [-0.05, 0) is 50.5 Å². The number of benzene rings is 2. The van der Waals surface area contributed by atoms with Crippen molar-refractivity contribution in [2.24, 2.45) is 0 Å². The molecule has 0 fully saturated rings. The van der Waals surface area contributed by atoms with Crippen LogP contribution in [0.25, 0.3) is 0 Å². The molecule has 1 aliphatic heterocycles. The van der Waals surface area contributed by atoms with Gasteiger partial charge in [-0.15, -0.1) is 0 Å². The molecule has 0 unspecified atom stereocenters. The fourth-order valence-electron chi connectivity index (χ4n) is 3.51. The molecule has 0 aliphatic carbocycles. The van der Waals surface area contributed by atoms with Gasteiger partial charge in [-0.1, -0.05) is 35.0 Å². The van der Waals surface area contributed by atoms with Crippen LogP contribution in [0.5, 0.6) is 0 Å². The van der Waals surface area contributed by atoms with E-state index in [2.05, 4.69) is 15.6 Å². The minimum absolute atomic E-state index is 0.107. The summed E-state index contributed by atoms with van der Waals surface area (Å²) in [6.45, 7) is 1.24. The molecular formula is C24H21Cl2F2N5O2S. The molecule has 4 rings (SSSR count). The monoisotopic (exact) mass is 551 g/mol. The number of urea groups is 1. The summed E-state index contributed by atoms with van der Waals surface area (Å²) in [7, 11) is 3.79. The van der Waals surface area contributed by atoms with Gasteiger partial charge in [-0.25, -0.2) is 18.6 Å². The van der Waals surface area contributed by atoms with Crippen LogP contribution in [0, 0.1) is 11.6 Å². The van der Waals surface area contributed by atoms with Gasteiger partial charge in [-0.3, -0.25) is 9.69 Å². The largest absolute Gasteiger partial charge is 0.351 e. The van der Waals surface area contributed by atoms with Gasteiger partial charge in [0.25, 0.3) is 5.91 Å². The fourth-order valence-corrected chi connectivity index (χ4v) is 4.98. The fraction of sp³-hybridized carbons (Fsp3) is 0.208. The smallest absolute Gasteiger partial charge is 0.326 e. The summed E-state index contributed by atoms with van der Waals surface area (Å²) in [6.07, 6.45) is 0. The SMILES string of the molecule is CN(C)CCNC(=O)c1cc(Cl)c(N2C(=O)NCc3nc(Sc4ccc(F)cc4F)ccc32)c(Cl)c1. The standard InChI is InChI=1S/C24H21Cl2F2N5O2S/c1-32(2)8-7-29-23(34)13-9-15(25)22(16(26)10-13)33-19-4-6-21(31-18(19)12-30-24(33)35)36-20-5-3-14(27)11-17(20)28/h3-6,9-11H,7-8,12H2,1-2H3,(H,29,34)(H,30,35). The van der Waals surface area contributed by atoms with Crippen molar-refractivity contribution >= 4 is 58.3 Å². The average Bonchev–Trinajstić information content (AvgIpc) is 2.81. The third-order valence-electron chi connectivity index (χ3n) is 5.23. The van der Waals surface area contributed by atoms with Crippen molar-refractivity contribution in [3.05, 3.63) is 75.4 Å². The highest BCUT2D eigenvalue weighted by atomic mass is 35.5. The van der Waals surface area contributed by atoms with E-state index >= 15 is 0 Å². The Morgan fingerprint density at radius 2 is 1.89 bits per heavy atom.